The molecular formula is C19H22FN5O4. The lowest BCUT2D eigenvalue weighted by molar-refractivity contribution is -0.385. The summed E-state index contributed by atoms with van der Waals surface area (Å²) in [5, 5.41) is 13.4. The predicted molar refractivity (Wildman–Crippen MR) is 105 cm³/mol. The van der Waals surface area contributed by atoms with Crippen LogP contribution in [0.5, 0.6) is 11.5 Å². The van der Waals surface area contributed by atoms with Crippen molar-refractivity contribution in [1.29, 1.82) is 0 Å². The van der Waals surface area contributed by atoms with Gasteiger partial charge < -0.3 is 19.9 Å². The van der Waals surface area contributed by atoms with Crippen molar-refractivity contribution in [2.75, 3.05) is 45.1 Å². The first-order valence-corrected chi connectivity index (χ1v) is 9.19. The lowest BCUT2D eigenvalue weighted by Crippen LogP contribution is -2.45. The summed E-state index contributed by atoms with van der Waals surface area (Å²) in [4.78, 5) is 30.7. The van der Waals surface area contributed by atoms with E-state index >= 15 is 0 Å². The van der Waals surface area contributed by atoms with Crippen molar-refractivity contribution in [3.05, 3.63) is 52.5 Å². The Hall–Kier alpha value is -3.11. The molecule has 1 saturated heterocycles. The number of amides is 1. The largest absolute Gasteiger partial charge is 0.454 e. The second kappa shape index (κ2) is 9.39. The highest BCUT2D eigenvalue weighted by atomic mass is 19.1. The number of halogens is 1. The second-order valence-corrected chi connectivity index (χ2v) is 6.79. The highest BCUT2D eigenvalue weighted by Crippen LogP contribution is 2.28. The molecule has 0 radical (unpaired) electrons. The minimum atomic E-state index is -0.853. The van der Waals surface area contributed by atoms with Crippen LogP contribution in [0.25, 0.3) is 0 Å². The number of hydrogen-bond donors (Lipinski definition) is 1. The van der Waals surface area contributed by atoms with E-state index in [4.69, 9.17) is 4.74 Å². The third kappa shape index (κ3) is 5.93. The molecule has 10 heteroatoms. The molecule has 0 aliphatic carbocycles. The Morgan fingerprint density at radius 2 is 2.03 bits per heavy atom. The summed E-state index contributed by atoms with van der Waals surface area (Å²) in [7, 11) is 2.08. The highest BCUT2D eigenvalue weighted by molar-refractivity contribution is 5.90. The van der Waals surface area contributed by atoms with E-state index < -0.39 is 10.7 Å². The van der Waals surface area contributed by atoms with Crippen LogP contribution in [0.3, 0.4) is 0 Å². The van der Waals surface area contributed by atoms with E-state index in [1.165, 1.54) is 24.4 Å². The van der Waals surface area contributed by atoms with Crippen molar-refractivity contribution in [2.45, 2.75) is 6.42 Å². The van der Waals surface area contributed by atoms with Gasteiger partial charge in [-0.15, -0.1) is 0 Å². The van der Waals surface area contributed by atoms with Crippen LogP contribution in [-0.4, -0.2) is 65.4 Å². The Morgan fingerprint density at radius 3 is 2.72 bits per heavy atom. The van der Waals surface area contributed by atoms with E-state index in [2.05, 4.69) is 27.1 Å². The summed E-state index contributed by atoms with van der Waals surface area (Å²) in [6.45, 7) is 4.52. The number of nitrogens with zero attached hydrogens (tertiary/aromatic N) is 4. The van der Waals surface area contributed by atoms with Gasteiger partial charge in [-0.2, -0.15) is 0 Å². The molecule has 9 nitrogen and oxygen atoms in total. The average molecular weight is 403 g/mol. The minimum absolute atomic E-state index is 0.158. The molecule has 29 heavy (non-hydrogen) atoms. The molecule has 0 bridgehead atoms. The van der Waals surface area contributed by atoms with Crippen LogP contribution in [-0.2, 0) is 4.79 Å². The number of nitro benzene ring substituents is 1. The van der Waals surface area contributed by atoms with Crippen molar-refractivity contribution < 1.29 is 18.8 Å². The van der Waals surface area contributed by atoms with Crippen LogP contribution in [0.2, 0.25) is 0 Å². The number of ether oxygens (including phenoxy) is 1. The van der Waals surface area contributed by atoms with Gasteiger partial charge in [0, 0.05) is 57.5 Å². The number of hydrogen-bond acceptors (Lipinski definition) is 7. The topological polar surface area (TPSA) is 101 Å². The summed E-state index contributed by atoms with van der Waals surface area (Å²) in [5.74, 6) is -0.645. The number of likely N-dealkylation sites (N-methyl/N-ethyl adjacent to an activating group) is 1. The molecule has 1 aliphatic rings. The fourth-order valence-electron chi connectivity index (χ4n) is 2.89. The summed E-state index contributed by atoms with van der Waals surface area (Å²) in [5.41, 5.74) is -0.363. The van der Waals surface area contributed by atoms with Crippen LogP contribution in [0.4, 0.5) is 15.9 Å². The number of carbonyl (C=O) groups is 1. The third-order valence-corrected chi connectivity index (χ3v) is 4.60. The molecule has 0 spiro atoms. The average Bonchev–Trinajstić information content (AvgIpc) is 2.69. The second-order valence-electron chi connectivity index (χ2n) is 6.79. The first kappa shape index (κ1) is 20.6. The zero-order valence-electron chi connectivity index (χ0n) is 16.0. The predicted octanol–water partition coefficient (Wildman–Crippen LogP) is 2.50. The SMILES string of the molecule is CN1CCN(CCC(=O)Nc2cc(Oc3ccc([N+](=O)[O-])cc3F)ccn2)CC1. The summed E-state index contributed by atoms with van der Waals surface area (Å²) < 4.78 is 19.4. The molecule has 1 N–H and O–H groups in total. The smallest absolute Gasteiger partial charge is 0.272 e. The number of anilines is 1. The van der Waals surface area contributed by atoms with Crippen LogP contribution in [0, 0.1) is 15.9 Å². The maximum absolute atomic E-state index is 14.0. The van der Waals surface area contributed by atoms with E-state index in [1.54, 1.807) is 0 Å². The van der Waals surface area contributed by atoms with Crippen molar-refractivity contribution >= 4 is 17.4 Å². The van der Waals surface area contributed by atoms with E-state index in [1.807, 2.05) is 0 Å². The first-order valence-electron chi connectivity index (χ1n) is 9.19. The molecule has 3 rings (SSSR count). The van der Waals surface area contributed by atoms with Gasteiger partial charge in [0.05, 0.1) is 11.0 Å². The molecule has 1 aromatic heterocycles. The normalized spacial score (nSPS) is 15.1. The number of rotatable bonds is 7. The number of piperazine rings is 1. The van der Waals surface area contributed by atoms with Crippen molar-refractivity contribution in [1.82, 2.24) is 14.8 Å². The molecule has 0 saturated carbocycles. The fraction of sp³-hybridized carbons (Fsp3) is 0.368. The lowest BCUT2D eigenvalue weighted by Gasteiger charge is -2.32. The molecule has 2 aromatic rings. The van der Waals surface area contributed by atoms with E-state index in [-0.39, 0.29) is 28.9 Å². The number of aromatic nitrogens is 1. The number of nitrogens with one attached hydrogen (secondary N) is 1. The standard InChI is InChI=1S/C19H22FN5O4/c1-23-8-10-24(11-9-23)7-5-19(26)22-18-13-15(4-6-21-18)29-17-3-2-14(25(27)28)12-16(17)20/h2-4,6,12-13H,5,7-11H2,1H3,(H,21,22,26). The number of benzene rings is 1. The van der Waals surface area contributed by atoms with Gasteiger partial charge in [-0.05, 0) is 19.2 Å². The van der Waals surface area contributed by atoms with Gasteiger partial charge in [0.1, 0.15) is 11.6 Å². The van der Waals surface area contributed by atoms with E-state index in [0.29, 0.717) is 13.0 Å². The van der Waals surface area contributed by atoms with Gasteiger partial charge in [0.25, 0.3) is 5.69 Å². The van der Waals surface area contributed by atoms with Crippen molar-refractivity contribution in [2.24, 2.45) is 0 Å². The maximum atomic E-state index is 14.0. The lowest BCUT2D eigenvalue weighted by atomic mass is 10.3. The molecule has 1 amide bonds. The Balaban J connectivity index is 1.55. The summed E-state index contributed by atoms with van der Waals surface area (Å²) in [6, 6.07) is 6.09. The number of nitro groups is 1. The molecule has 1 aliphatic heterocycles. The highest BCUT2D eigenvalue weighted by Gasteiger charge is 2.15. The molecule has 2 heterocycles. The number of non-ortho nitro benzene ring substituents is 1. The molecular weight excluding hydrogens is 381 g/mol. The van der Waals surface area contributed by atoms with Gasteiger partial charge in [-0.1, -0.05) is 0 Å². The quantitative estimate of drug-likeness (QED) is 0.560. The molecule has 0 unspecified atom stereocenters. The molecule has 1 fully saturated rings. The first-order chi connectivity index (χ1) is 13.9. The number of carbonyl (C=O) groups excluding carboxylic acids is 1. The van der Waals surface area contributed by atoms with Gasteiger partial charge in [0.15, 0.2) is 11.6 Å². The van der Waals surface area contributed by atoms with E-state index in [0.717, 1.165) is 38.3 Å². The Kier molecular flexibility index (Phi) is 6.68. The Morgan fingerprint density at radius 1 is 1.28 bits per heavy atom. The monoisotopic (exact) mass is 403 g/mol. The zero-order valence-corrected chi connectivity index (χ0v) is 16.0. The van der Waals surface area contributed by atoms with Crippen molar-refractivity contribution in [3.63, 3.8) is 0 Å². The van der Waals surface area contributed by atoms with Crippen LogP contribution >= 0.6 is 0 Å². The van der Waals surface area contributed by atoms with Gasteiger partial charge in [-0.3, -0.25) is 14.9 Å². The van der Waals surface area contributed by atoms with Crippen molar-refractivity contribution in [3.8, 4) is 11.5 Å². The fourth-order valence-corrected chi connectivity index (χ4v) is 2.89. The molecule has 1 aromatic carbocycles. The number of pyridine rings is 1. The minimum Gasteiger partial charge on any atom is -0.454 e. The van der Waals surface area contributed by atoms with Crippen LogP contribution in [0.15, 0.2) is 36.5 Å². The Bertz CT molecular complexity index is 887. The zero-order chi connectivity index (χ0) is 20.8. The van der Waals surface area contributed by atoms with Gasteiger partial charge in [-0.25, -0.2) is 9.37 Å². The maximum Gasteiger partial charge on any atom is 0.272 e. The van der Waals surface area contributed by atoms with Crippen LogP contribution < -0.4 is 10.1 Å². The summed E-state index contributed by atoms with van der Waals surface area (Å²) >= 11 is 0. The Labute approximate surface area is 167 Å². The van der Waals surface area contributed by atoms with E-state index in [9.17, 15) is 19.3 Å². The van der Waals surface area contributed by atoms with Gasteiger partial charge >= 0.3 is 0 Å². The van der Waals surface area contributed by atoms with Gasteiger partial charge in [0.2, 0.25) is 5.91 Å². The summed E-state index contributed by atoms with van der Waals surface area (Å²) in [6.07, 6.45) is 1.77. The third-order valence-electron chi connectivity index (χ3n) is 4.60. The van der Waals surface area contributed by atoms with Crippen LogP contribution in [0.1, 0.15) is 6.42 Å². The molecule has 0 atom stereocenters. The molecule has 154 valence electrons.